The summed E-state index contributed by atoms with van der Waals surface area (Å²) in [5.41, 5.74) is 6.65. The Morgan fingerprint density at radius 3 is 1.26 bits per heavy atom. The molecule has 0 amide bonds. The molecule has 2 aromatic heterocycles. The molecule has 0 unspecified atom stereocenters. The molecule has 3 heteroatoms. The predicted octanol–water partition coefficient (Wildman–Crippen LogP) is 6.11. The summed E-state index contributed by atoms with van der Waals surface area (Å²) in [6.07, 6.45) is 3.75. The van der Waals surface area contributed by atoms with E-state index in [4.69, 9.17) is 0 Å². The van der Waals surface area contributed by atoms with E-state index in [0.29, 0.717) is 0 Å². The maximum absolute atomic E-state index is 4.67. The summed E-state index contributed by atoms with van der Waals surface area (Å²) in [6, 6.07) is 29.3. The van der Waals surface area contributed by atoms with Crippen LogP contribution in [0.15, 0.2) is 97.3 Å². The first kappa shape index (κ1) is 17.4. The van der Waals surface area contributed by atoms with E-state index in [9.17, 15) is 0 Å². The molecule has 0 aliphatic heterocycles. The topological polar surface area (TPSA) is 25.8 Å². The molecule has 5 rings (SSSR count). The fourth-order valence-electron chi connectivity index (χ4n) is 3.57. The molecule has 0 aliphatic rings. The standard InChI is InChI=1S/C24H16N2.Cu/c1-3-7-17(8-4-1)19-13-15-25-23-21(19)11-12-22-20(14-16-26-24(22)23)18-9-5-2-6-10-18;/h1-16H;/q;+1. The molecule has 2 nitrogen and oxygen atoms in total. The van der Waals surface area contributed by atoms with Crippen molar-refractivity contribution in [2.75, 3.05) is 0 Å². The number of hydrogen-bond acceptors (Lipinski definition) is 2. The van der Waals surface area contributed by atoms with Gasteiger partial charge < -0.3 is 0 Å². The first-order chi connectivity index (χ1) is 12.9. The van der Waals surface area contributed by atoms with E-state index in [1.54, 1.807) is 0 Å². The number of hydrogen-bond donors (Lipinski definition) is 0. The quantitative estimate of drug-likeness (QED) is 0.266. The van der Waals surface area contributed by atoms with Gasteiger partial charge in [-0.25, -0.2) is 0 Å². The summed E-state index contributed by atoms with van der Waals surface area (Å²) in [7, 11) is 0. The van der Waals surface area contributed by atoms with E-state index in [1.807, 2.05) is 24.5 Å². The third-order valence-electron chi connectivity index (χ3n) is 4.79. The van der Waals surface area contributed by atoms with E-state index in [0.717, 1.165) is 21.8 Å². The fourth-order valence-corrected chi connectivity index (χ4v) is 3.57. The van der Waals surface area contributed by atoms with Gasteiger partial charge in [0.15, 0.2) is 0 Å². The SMILES string of the molecule is [Cu+].c1ccc(-c2ccnc3c2ccc2c(-c4ccccc4)ccnc23)cc1. The molecule has 0 spiro atoms. The van der Waals surface area contributed by atoms with Crippen LogP contribution >= 0.6 is 0 Å². The van der Waals surface area contributed by atoms with Crippen LogP contribution in [0.5, 0.6) is 0 Å². The van der Waals surface area contributed by atoms with Gasteiger partial charge in [-0.1, -0.05) is 72.8 Å². The molecule has 132 valence electrons. The molecule has 0 fully saturated rings. The minimum Gasteiger partial charge on any atom is -0.254 e. The van der Waals surface area contributed by atoms with Gasteiger partial charge in [-0.15, -0.1) is 0 Å². The fraction of sp³-hybridized carbons (Fsp3) is 0. The molecule has 0 saturated heterocycles. The molecular weight excluding hydrogens is 380 g/mol. The summed E-state index contributed by atoms with van der Waals surface area (Å²) < 4.78 is 0. The Morgan fingerprint density at radius 1 is 0.444 bits per heavy atom. The van der Waals surface area contributed by atoms with Gasteiger partial charge in [0, 0.05) is 23.2 Å². The number of pyridine rings is 2. The second-order valence-corrected chi connectivity index (χ2v) is 6.31. The van der Waals surface area contributed by atoms with Crippen molar-refractivity contribution in [3.63, 3.8) is 0 Å². The van der Waals surface area contributed by atoms with E-state index in [2.05, 4.69) is 82.8 Å². The third kappa shape index (κ3) is 3.01. The summed E-state index contributed by atoms with van der Waals surface area (Å²) in [6.45, 7) is 0. The Kier molecular flexibility index (Phi) is 4.72. The van der Waals surface area contributed by atoms with Gasteiger partial charge in [0.05, 0.1) is 11.0 Å². The van der Waals surface area contributed by atoms with Gasteiger partial charge in [-0.05, 0) is 34.4 Å². The van der Waals surface area contributed by atoms with Crippen LogP contribution in [0.3, 0.4) is 0 Å². The Balaban J connectivity index is 0.00000180. The van der Waals surface area contributed by atoms with E-state index < -0.39 is 0 Å². The van der Waals surface area contributed by atoms with E-state index in [-0.39, 0.29) is 17.1 Å². The van der Waals surface area contributed by atoms with Crippen LogP contribution < -0.4 is 0 Å². The summed E-state index contributed by atoms with van der Waals surface area (Å²) in [5.74, 6) is 0. The van der Waals surface area contributed by atoms with Gasteiger partial charge in [-0.2, -0.15) is 0 Å². The molecule has 2 heterocycles. The van der Waals surface area contributed by atoms with Crippen LogP contribution in [0.1, 0.15) is 0 Å². The van der Waals surface area contributed by atoms with Gasteiger partial charge in [0.25, 0.3) is 0 Å². The van der Waals surface area contributed by atoms with Crippen molar-refractivity contribution in [3.05, 3.63) is 97.3 Å². The van der Waals surface area contributed by atoms with Crippen LogP contribution in [-0.2, 0) is 17.1 Å². The van der Waals surface area contributed by atoms with Crippen LogP contribution in [0.2, 0.25) is 0 Å². The predicted molar refractivity (Wildman–Crippen MR) is 108 cm³/mol. The minimum absolute atomic E-state index is 0. The van der Waals surface area contributed by atoms with Crippen LogP contribution in [0.4, 0.5) is 0 Å². The molecule has 27 heavy (non-hydrogen) atoms. The van der Waals surface area contributed by atoms with Crippen LogP contribution in [0, 0.1) is 0 Å². The average molecular weight is 396 g/mol. The van der Waals surface area contributed by atoms with Crippen molar-refractivity contribution in [1.29, 1.82) is 0 Å². The number of fused-ring (bicyclic) bond motifs is 3. The zero-order valence-corrected chi connectivity index (χ0v) is 15.4. The van der Waals surface area contributed by atoms with Gasteiger partial charge >= 0.3 is 17.1 Å². The Morgan fingerprint density at radius 2 is 0.852 bits per heavy atom. The minimum atomic E-state index is 0. The molecule has 5 aromatic rings. The monoisotopic (exact) mass is 395 g/mol. The first-order valence-corrected chi connectivity index (χ1v) is 8.69. The van der Waals surface area contributed by atoms with Crippen molar-refractivity contribution in [2.24, 2.45) is 0 Å². The molecule has 0 N–H and O–H groups in total. The maximum atomic E-state index is 4.67. The first-order valence-electron chi connectivity index (χ1n) is 8.69. The second kappa shape index (κ2) is 7.32. The van der Waals surface area contributed by atoms with Gasteiger partial charge in [0.2, 0.25) is 0 Å². The number of benzene rings is 3. The maximum Gasteiger partial charge on any atom is 1.00 e. The summed E-state index contributed by atoms with van der Waals surface area (Å²) in [4.78, 5) is 9.34. The zero-order chi connectivity index (χ0) is 17.3. The normalized spacial score (nSPS) is 10.7. The molecule has 0 radical (unpaired) electrons. The van der Waals surface area contributed by atoms with Crippen LogP contribution in [0.25, 0.3) is 44.1 Å². The number of nitrogens with zero attached hydrogens (tertiary/aromatic N) is 2. The van der Waals surface area contributed by atoms with Crippen molar-refractivity contribution < 1.29 is 17.1 Å². The summed E-state index contributed by atoms with van der Waals surface area (Å²) in [5, 5.41) is 2.26. The Labute approximate surface area is 168 Å². The molecule has 0 bridgehead atoms. The third-order valence-corrected chi connectivity index (χ3v) is 4.79. The zero-order valence-electron chi connectivity index (χ0n) is 14.4. The smallest absolute Gasteiger partial charge is 0.254 e. The molecule has 0 atom stereocenters. The second-order valence-electron chi connectivity index (χ2n) is 6.31. The molecule has 0 aliphatic carbocycles. The largest absolute Gasteiger partial charge is 1.00 e. The number of aromatic nitrogens is 2. The summed E-state index contributed by atoms with van der Waals surface area (Å²) >= 11 is 0. The molecule has 3 aromatic carbocycles. The van der Waals surface area contributed by atoms with Gasteiger partial charge in [0.1, 0.15) is 0 Å². The van der Waals surface area contributed by atoms with Crippen molar-refractivity contribution >= 4 is 21.8 Å². The molecule has 0 saturated carbocycles. The molecular formula is C24H16CuN2+. The van der Waals surface area contributed by atoms with Crippen molar-refractivity contribution in [3.8, 4) is 22.3 Å². The van der Waals surface area contributed by atoms with Crippen molar-refractivity contribution in [1.82, 2.24) is 9.97 Å². The van der Waals surface area contributed by atoms with Crippen LogP contribution in [-0.4, -0.2) is 9.97 Å². The number of rotatable bonds is 2. The average Bonchev–Trinajstić information content (AvgIpc) is 2.74. The van der Waals surface area contributed by atoms with Crippen molar-refractivity contribution in [2.45, 2.75) is 0 Å². The Bertz CT molecular complexity index is 1120. The van der Waals surface area contributed by atoms with E-state index in [1.165, 1.54) is 22.3 Å². The van der Waals surface area contributed by atoms with E-state index >= 15 is 0 Å². The Hall–Kier alpha value is -3.00. The van der Waals surface area contributed by atoms with Gasteiger partial charge in [-0.3, -0.25) is 9.97 Å².